The van der Waals surface area contributed by atoms with Crippen LogP contribution < -0.4 is 15.4 Å². The number of carbonyl (C=O) groups is 1. The SMILES string of the molecule is Cc1cc(Cl)ccc1NC(=O)CNc1ccc(OCC(C)C)cc1. The summed E-state index contributed by atoms with van der Waals surface area (Å²) in [6.07, 6.45) is 0. The van der Waals surface area contributed by atoms with Gasteiger partial charge in [0.15, 0.2) is 0 Å². The van der Waals surface area contributed by atoms with Crippen LogP contribution in [0.4, 0.5) is 11.4 Å². The average molecular weight is 347 g/mol. The summed E-state index contributed by atoms with van der Waals surface area (Å²) >= 11 is 5.91. The maximum atomic E-state index is 12.0. The second-order valence-electron chi connectivity index (χ2n) is 6.09. The number of rotatable bonds is 7. The predicted molar refractivity (Wildman–Crippen MR) is 100 cm³/mol. The van der Waals surface area contributed by atoms with E-state index < -0.39 is 0 Å². The van der Waals surface area contributed by atoms with E-state index in [0.717, 1.165) is 22.7 Å². The molecular formula is C19H23ClN2O2. The molecule has 0 saturated carbocycles. The van der Waals surface area contributed by atoms with Gasteiger partial charge in [0.25, 0.3) is 0 Å². The molecule has 4 nitrogen and oxygen atoms in total. The summed E-state index contributed by atoms with van der Waals surface area (Å²) in [6.45, 7) is 7.00. The highest BCUT2D eigenvalue weighted by Gasteiger charge is 2.05. The monoisotopic (exact) mass is 346 g/mol. The van der Waals surface area contributed by atoms with Crippen molar-refractivity contribution >= 4 is 28.9 Å². The predicted octanol–water partition coefficient (Wildman–Crippen LogP) is 4.73. The highest BCUT2D eigenvalue weighted by molar-refractivity contribution is 6.30. The first-order valence-electron chi connectivity index (χ1n) is 7.97. The van der Waals surface area contributed by atoms with Gasteiger partial charge >= 0.3 is 0 Å². The molecule has 0 aliphatic heterocycles. The standard InChI is InChI=1S/C19H23ClN2O2/c1-13(2)12-24-17-7-5-16(6-8-17)21-11-19(23)22-18-9-4-15(20)10-14(18)3/h4-10,13,21H,11-12H2,1-3H3,(H,22,23). The Kier molecular flexibility index (Phi) is 6.50. The van der Waals surface area contributed by atoms with Crippen LogP contribution in [0.2, 0.25) is 5.02 Å². The van der Waals surface area contributed by atoms with Crippen molar-refractivity contribution in [2.24, 2.45) is 5.92 Å². The third-order valence-electron chi connectivity index (χ3n) is 3.35. The second-order valence-corrected chi connectivity index (χ2v) is 6.53. The summed E-state index contributed by atoms with van der Waals surface area (Å²) in [5, 5.41) is 6.62. The maximum Gasteiger partial charge on any atom is 0.243 e. The molecule has 0 saturated heterocycles. The van der Waals surface area contributed by atoms with E-state index in [0.29, 0.717) is 17.5 Å². The summed E-state index contributed by atoms with van der Waals surface area (Å²) in [5.41, 5.74) is 2.57. The van der Waals surface area contributed by atoms with E-state index >= 15 is 0 Å². The molecule has 2 N–H and O–H groups in total. The first-order valence-corrected chi connectivity index (χ1v) is 8.34. The van der Waals surface area contributed by atoms with Crippen LogP contribution in [0.15, 0.2) is 42.5 Å². The maximum absolute atomic E-state index is 12.0. The molecule has 0 heterocycles. The molecule has 0 atom stereocenters. The van der Waals surface area contributed by atoms with Gasteiger partial charge in [-0.25, -0.2) is 0 Å². The molecule has 2 aromatic rings. The molecule has 1 amide bonds. The van der Waals surface area contributed by atoms with Gasteiger partial charge in [0.2, 0.25) is 5.91 Å². The third-order valence-corrected chi connectivity index (χ3v) is 3.59. The van der Waals surface area contributed by atoms with Crippen LogP contribution in [0.3, 0.4) is 0 Å². The Balaban J connectivity index is 1.83. The molecule has 0 fully saturated rings. The number of ether oxygens (including phenoxy) is 1. The molecule has 24 heavy (non-hydrogen) atoms. The van der Waals surface area contributed by atoms with Gasteiger partial charge in [0.05, 0.1) is 13.2 Å². The first kappa shape index (κ1) is 18.1. The number of amides is 1. The second kappa shape index (κ2) is 8.60. The molecule has 0 aromatic heterocycles. The minimum atomic E-state index is -0.111. The van der Waals surface area contributed by atoms with Gasteiger partial charge in [0, 0.05) is 16.4 Å². The molecule has 0 aliphatic rings. The van der Waals surface area contributed by atoms with Gasteiger partial charge in [0.1, 0.15) is 5.75 Å². The van der Waals surface area contributed by atoms with Gasteiger partial charge in [-0.15, -0.1) is 0 Å². The molecule has 0 bridgehead atoms. The lowest BCUT2D eigenvalue weighted by molar-refractivity contribution is -0.114. The molecule has 5 heteroatoms. The zero-order chi connectivity index (χ0) is 17.5. The van der Waals surface area contributed by atoms with Gasteiger partial charge in [-0.2, -0.15) is 0 Å². The normalized spacial score (nSPS) is 10.5. The summed E-state index contributed by atoms with van der Waals surface area (Å²) in [6, 6.07) is 13.0. The number of hydrogen-bond donors (Lipinski definition) is 2. The average Bonchev–Trinajstić information content (AvgIpc) is 2.54. The van der Waals surface area contributed by atoms with Crippen LogP contribution in [-0.4, -0.2) is 19.1 Å². The Morgan fingerprint density at radius 1 is 1.17 bits per heavy atom. The quantitative estimate of drug-likeness (QED) is 0.761. The number of anilines is 2. The van der Waals surface area contributed by atoms with E-state index in [1.165, 1.54) is 0 Å². The van der Waals surface area contributed by atoms with Crippen molar-refractivity contribution in [3.8, 4) is 5.75 Å². The lowest BCUT2D eigenvalue weighted by Crippen LogP contribution is -2.22. The van der Waals surface area contributed by atoms with Gasteiger partial charge in [-0.3, -0.25) is 4.79 Å². The van der Waals surface area contributed by atoms with Crippen LogP contribution in [0.25, 0.3) is 0 Å². The molecule has 0 radical (unpaired) electrons. The van der Waals surface area contributed by atoms with Crippen molar-refractivity contribution in [2.75, 3.05) is 23.8 Å². The third kappa shape index (κ3) is 5.78. The fourth-order valence-electron chi connectivity index (χ4n) is 2.08. The lowest BCUT2D eigenvalue weighted by atomic mass is 10.2. The van der Waals surface area contributed by atoms with Crippen molar-refractivity contribution in [3.05, 3.63) is 53.1 Å². The van der Waals surface area contributed by atoms with E-state index in [2.05, 4.69) is 24.5 Å². The highest BCUT2D eigenvalue weighted by atomic mass is 35.5. The van der Waals surface area contributed by atoms with Crippen molar-refractivity contribution in [1.29, 1.82) is 0 Å². The Morgan fingerprint density at radius 2 is 1.88 bits per heavy atom. The number of benzene rings is 2. The largest absolute Gasteiger partial charge is 0.493 e. The molecule has 0 aliphatic carbocycles. The van der Waals surface area contributed by atoms with Crippen LogP contribution in [-0.2, 0) is 4.79 Å². The Morgan fingerprint density at radius 3 is 2.50 bits per heavy atom. The van der Waals surface area contributed by atoms with E-state index in [9.17, 15) is 4.79 Å². The highest BCUT2D eigenvalue weighted by Crippen LogP contribution is 2.20. The summed E-state index contributed by atoms with van der Waals surface area (Å²) in [5.74, 6) is 1.21. The Hall–Kier alpha value is -2.20. The lowest BCUT2D eigenvalue weighted by Gasteiger charge is -2.11. The van der Waals surface area contributed by atoms with E-state index in [1.807, 2.05) is 37.3 Å². The van der Waals surface area contributed by atoms with Gasteiger partial charge < -0.3 is 15.4 Å². The van der Waals surface area contributed by atoms with E-state index in [4.69, 9.17) is 16.3 Å². The minimum Gasteiger partial charge on any atom is -0.493 e. The van der Waals surface area contributed by atoms with E-state index in [-0.39, 0.29) is 12.5 Å². The Labute approximate surface area is 148 Å². The topological polar surface area (TPSA) is 50.4 Å². The molecule has 0 spiro atoms. The number of nitrogens with one attached hydrogen (secondary N) is 2. The number of halogens is 1. The van der Waals surface area contributed by atoms with Gasteiger partial charge in [-0.1, -0.05) is 25.4 Å². The molecule has 2 rings (SSSR count). The summed E-state index contributed by atoms with van der Waals surface area (Å²) in [4.78, 5) is 12.0. The first-order chi connectivity index (χ1) is 11.4. The number of carbonyl (C=O) groups excluding carboxylic acids is 1. The van der Waals surface area contributed by atoms with Crippen molar-refractivity contribution in [3.63, 3.8) is 0 Å². The van der Waals surface area contributed by atoms with E-state index in [1.54, 1.807) is 12.1 Å². The summed E-state index contributed by atoms with van der Waals surface area (Å²) in [7, 11) is 0. The van der Waals surface area contributed by atoms with Crippen LogP contribution in [0.1, 0.15) is 19.4 Å². The molecule has 128 valence electrons. The summed E-state index contributed by atoms with van der Waals surface area (Å²) < 4.78 is 5.63. The number of hydrogen-bond acceptors (Lipinski definition) is 3. The molecule has 0 unspecified atom stereocenters. The fraction of sp³-hybridized carbons (Fsp3) is 0.316. The van der Waals surface area contributed by atoms with Crippen molar-refractivity contribution in [1.82, 2.24) is 0 Å². The molecule has 2 aromatic carbocycles. The van der Waals surface area contributed by atoms with Gasteiger partial charge in [-0.05, 0) is 60.9 Å². The molecular weight excluding hydrogens is 324 g/mol. The van der Waals surface area contributed by atoms with Crippen LogP contribution >= 0.6 is 11.6 Å². The smallest absolute Gasteiger partial charge is 0.243 e. The number of aryl methyl sites for hydroxylation is 1. The fourth-order valence-corrected chi connectivity index (χ4v) is 2.30. The van der Waals surface area contributed by atoms with Crippen molar-refractivity contribution in [2.45, 2.75) is 20.8 Å². The minimum absolute atomic E-state index is 0.111. The zero-order valence-electron chi connectivity index (χ0n) is 14.2. The van der Waals surface area contributed by atoms with Crippen LogP contribution in [0, 0.1) is 12.8 Å². The zero-order valence-corrected chi connectivity index (χ0v) is 15.0. The van der Waals surface area contributed by atoms with Crippen molar-refractivity contribution < 1.29 is 9.53 Å². The van der Waals surface area contributed by atoms with Crippen LogP contribution in [0.5, 0.6) is 5.75 Å². The Bertz CT molecular complexity index is 684.